The smallest absolute Gasteiger partial charge is 0.231 e. The zero-order valence-corrected chi connectivity index (χ0v) is 13.6. The van der Waals surface area contributed by atoms with Gasteiger partial charge in [0.25, 0.3) is 0 Å². The number of thiazole rings is 1. The van der Waals surface area contributed by atoms with Crippen molar-refractivity contribution in [2.75, 3.05) is 18.0 Å². The zero-order valence-electron chi connectivity index (χ0n) is 12.0. The van der Waals surface area contributed by atoms with Gasteiger partial charge in [-0.15, -0.1) is 22.7 Å². The Labute approximate surface area is 136 Å². The molecule has 0 spiro atoms. The van der Waals surface area contributed by atoms with E-state index in [0.717, 1.165) is 49.2 Å². The average molecular weight is 332 g/mol. The third-order valence-electron chi connectivity index (χ3n) is 3.86. The molecule has 0 aromatic carbocycles. The van der Waals surface area contributed by atoms with Crippen molar-refractivity contribution in [3.63, 3.8) is 0 Å². The highest BCUT2D eigenvalue weighted by Crippen LogP contribution is 2.30. The van der Waals surface area contributed by atoms with Gasteiger partial charge in [-0.05, 0) is 24.3 Å². The first-order valence-electron chi connectivity index (χ1n) is 7.38. The van der Waals surface area contributed by atoms with E-state index in [2.05, 4.69) is 31.5 Å². The molecule has 0 radical (unpaired) electrons. The lowest BCUT2D eigenvalue weighted by Crippen LogP contribution is -2.34. The highest BCUT2D eigenvalue weighted by Gasteiger charge is 2.27. The normalized spacial score (nSPS) is 18.7. The summed E-state index contributed by atoms with van der Waals surface area (Å²) in [4.78, 5) is 12.6. The first kappa shape index (κ1) is 13.9. The van der Waals surface area contributed by atoms with Gasteiger partial charge in [0.1, 0.15) is 0 Å². The van der Waals surface area contributed by atoms with E-state index in [0.29, 0.717) is 5.92 Å². The molecule has 0 N–H and O–H groups in total. The summed E-state index contributed by atoms with van der Waals surface area (Å²) >= 11 is 3.41. The summed E-state index contributed by atoms with van der Waals surface area (Å²) in [6.45, 7) is 1.97. The lowest BCUT2D eigenvalue weighted by molar-refractivity contribution is 0.331. The van der Waals surface area contributed by atoms with Gasteiger partial charge in [-0.3, -0.25) is 0 Å². The Morgan fingerprint density at radius 3 is 3.14 bits per heavy atom. The molecule has 3 aromatic rings. The third kappa shape index (κ3) is 2.91. The van der Waals surface area contributed by atoms with Crippen LogP contribution in [-0.2, 0) is 6.42 Å². The predicted molar refractivity (Wildman–Crippen MR) is 87.7 cm³/mol. The van der Waals surface area contributed by atoms with Crippen LogP contribution in [0.4, 0.5) is 5.13 Å². The van der Waals surface area contributed by atoms with Crippen molar-refractivity contribution in [3.05, 3.63) is 45.7 Å². The molecule has 3 aromatic heterocycles. The molecular formula is C15H16N4OS2. The fourth-order valence-electron chi connectivity index (χ4n) is 2.80. The largest absolute Gasteiger partial charge is 0.347 e. The molecule has 114 valence electrons. The summed E-state index contributed by atoms with van der Waals surface area (Å²) in [6, 6.07) is 4.15. The molecule has 1 unspecified atom stereocenters. The fraction of sp³-hybridized carbons (Fsp3) is 0.400. The van der Waals surface area contributed by atoms with Crippen LogP contribution in [0.3, 0.4) is 0 Å². The molecule has 0 aliphatic carbocycles. The van der Waals surface area contributed by atoms with Crippen molar-refractivity contribution >= 4 is 27.8 Å². The van der Waals surface area contributed by atoms with Crippen LogP contribution in [0.25, 0.3) is 0 Å². The Balaban J connectivity index is 1.46. The molecule has 1 aliphatic heterocycles. The maximum absolute atomic E-state index is 5.52. The van der Waals surface area contributed by atoms with Gasteiger partial charge in [0.2, 0.25) is 5.89 Å². The number of rotatable bonds is 4. The van der Waals surface area contributed by atoms with E-state index in [1.54, 1.807) is 22.7 Å². The average Bonchev–Trinajstić information content (AvgIpc) is 3.31. The number of hydrogen-bond donors (Lipinski definition) is 0. The maximum Gasteiger partial charge on any atom is 0.231 e. The highest BCUT2D eigenvalue weighted by molar-refractivity contribution is 7.13. The van der Waals surface area contributed by atoms with E-state index in [1.165, 1.54) is 4.88 Å². The van der Waals surface area contributed by atoms with Crippen molar-refractivity contribution in [1.29, 1.82) is 0 Å². The number of anilines is 1. The van der Waals surface area contributed by atoms with Gasteiger partial charge in [-0.25, -0.2) is 4.98 Å². The molecule has 4 rings (SSSR count). The van der Waals surface area contributed by atoms with Crippen LogP contribution in [0.1, 0.15) is 35.4 Å². The summed E-state index contributed by atoms with van der Waals surface area (Å²) < 4.78 is 5.52. The van der Waals surface area contributed by atoms with E-state index >= 15 is 0 Å². The zero-order chi connectivity index (χ0) is 14.8. The summed E-state index contributed by atoms with van der Waals surface area (Å²) in [7, 11) is 0. The van der Waals surface area contributed by atoms with Crippen LogP contribution in [-0.4, -0.2) is 28.2 Å². The minimum atomic E-state index is 0.308. The molecule has 0 saturated carbocycles. The monoisotopic (exact) mass is 332 g/mol. The van der Waals surface area contributed by atoms with Crippen LogP contribution in [0, 0.1) is 0 Å². The second-order valence-electron chi connectivity index (χ2n) is 5.40. The SMILES string of the molecule is c1csc(Cc2noc(C3CCCN(c4nccs4)C3)n2)c1. The number of aromatic nitrogens is 3. The van der Waals surface area contributed by atoms with Gasteiger partial charge in [-0.2, -0.15) is 4.98 Å². The van der Waals surface area contributed by atoms with Crippen LogP contribution >= 0.6 is 22.7 Å². The third-order valence-corrected chi connectivity index (χ3v) is 5.57. The van der Waals surface area contributed by atoms with Crippen molar-refractivity contribution < 1.29 is 4.52 Å². The summed E-state index contributed by atoms with van der Waals surface area (Å²) in [6.07, 6.45) is 4.84. The molecule has 4 heterocycles. The van der Waals surface area contributed by atoms with Crippen molar-refractivity contribution in [2.24, 2.45) is 0 Å². The van der Waals surface area contributed by atoms with Crippen molar-refractivity contribution in [1.82, 2.24) is 15.1 Å². The number of nitrogens with zero attached hydrogens (tertiary/aromatic N) is 4. The van der Waals surface area contributed by atoms with Crippen LogP contribution in [0.5, 0.6) is 0 Å². The van der Waals surface area contributed by atoms with Crippen LogP contribution in [0.15, 0.2) is 33.6 Å². The molecule has 1 fully saturated rings. The first-order valence-corrected chi connectivity index (χ1v) is 9.14. The Bertz CT molecular complexity index is 708. The molecule has 1 atom stereocenters. The molecule has 7 heteroatoms. The molecule has 1 saturated heterocycles. The molecular weight excluding hydrogens is 316 g/mol. The van der Waals surface area contributed by atoms with E-state index in [4.69, 9.17) is 4.52 Å². The molecule has 0 amide bonds. The first-order chi connectivity index (χ1) is 10.9. The summed E-state index contributed by atoms with van der Waals surface area (Å²) in [5.74, 6) is 1.86. The van der Waals surface area contributed by atoms with Crippen molar-refractivity contribution in [2.45, 2.75) is 25.2 Å². The van der Waals surface area contributed by atoms with Gasteiger partial charge in [0.05, 0.1) is 5.92 Å². The second-order valence-corrected chi connectivity index (χ2v) is 7.31. The minimum absolute atomic E-state index is 0.308. The Hall–Kier alpha value is -1.73. The van der Waals surface area contributed by atoms with Gasteiger partial charge < -0.3 is 9.42 Å². The predicted octanol–water partition coefficient (Wildman–Crippen LogP) is 3.56. The quantitative estimate of drug-likeness (QED) is 0.731. The molecule has 22 heavy (non-hydrogen) atoms. The highest BCUT2D eigenvalue weighted by atomic mass is 32.1. The van der Waals surface area contributed by atoms with E-state index in [-0.39, 0.29) is 0 Å². The Morgan fingerprint density at radius 1 is 1.32 bits per heavy atom. The topological polar surface area (TPSA) is 55.1 Å². The molecule has 5 nitrogen and oxygen atoms in total. The van der Waals surface area contributed by atoms with E-state index in [1.807, 2.05) is 17.6 Å². The van der Waals surface area contributed by atoms with E-state index in [9.17, 15) is 0 Å². The Morgan fingerprint density at radius 2 is 2.32 bits per heavy atom. The van der Waals surface area contributed by atoms with Crippen LogP contribution in [0.2, 0.25) is 0 Å². The van der Waals surface area contributed by atoms with Gasteiger partial charge in [0.15, 0.2) is 11.0 Å². The summed E-state index contributed by atoms with van der Waals surface area (Å²) in [5.41, 5.74) is 0. The number of thiophene rings is 1. The van der Waals surface area contributed by atoms with Gasteiger partial charge in [-0.1, -0.05) is 11.2 Å². The molecule has 1 aliphatic rings. The Kier molecular flexibility index (Phi) is 3.90. The fourth-order valence-corrected chi connectivity index (χ4v) is 4.18. The summed E-state index contributed by atoms with van der Waals surface area (Å²) in [5, 5.41) is 9.32. The lowest BCUT2D eigenvalue weighted by Gasteiger charge is -2.30. The van der Waals surface area contributed by atoms with Crippen LogP contribution < -0.4 is 4.90 Å². The number of hydrogen-bond acceptors (Lipinski definition) is 7. The maximum atomic E-state index is 5.52. The second kappa shape index (κ2) is 6.18. The lowest BCUT2D eigenvalue weighted by atomic mass is 9.98. The van der Waals surface area contributed by atoms with Crippen molar-refractivity contribution in [3.8, 4) is 0 Å². The van der Waals surface area contributed by atoms with Gasteiger partial charge >= 0.3 is 0 Å². The number of piperidine rings is 1. The molecule has 0 bridgehead atoms. The van der Waals surface area contributed by atoms with E-state index < -0.39 is 0 Å². The van der Waals surface area contributed by atoms with Gasteiger partial charge in [0, 0.05) is 36.0 Å². The standard InChI is InChI=1S/C15H16N4OS2/c1-3-11(10-19(6-1)15-16-5-8-22-15)14-17-13(18-20-14)9-12-4-2-7-21-12/h2,4-5,7-8,11H,1,3,6,9-10H2. The minimum Gasteiger partial charge on any atom is -0.347 e.